The van der Waals surface area contributed by atoms with Crippen molar-refractivity contribution in [1.82, 2.24) is 29.1 Å². The topological polar surface area (TPSA) is 61.4 Å². The Balaban J connectivity index is 1.22. The summed E-state index contributed by atoms with van der Waals surface area (Å²) < 4.78 is 4.69. The summed E-state index contributed by atoms with van der Waals surface area (Å²) in [7, 11) is 0. The largest absolute Gasteiger partial charge is 0.309 e. The molecule has 0 saturated carbocycles. The van der Waals surface area contributed by atoms with Crippen LogP contribution in [0.4, 0.5) is 0 Å². The van der Waals surface area contributed by atoms with E-state index in [0.29, 0.717) is 23.3 Å². The lowest BCUT2D eigenvalue weighted by atomic mass is 9.63. The molecule has 6 heteroatoms. The highest BCUT2D eigenvalue weighted by atomic mass is 15.2. The molecule has 3 aromatic heterocycles. The lowest BCUT2D eigenvalue weighted by Crippen LogP contribution is -2.35. The van der Waals surface area contributed by atoms with Crippen LogP contribution in [-0.4, -0.2) is 29.1 Å². The van der Waals surface area contributed by atoms with Gasteiger partial charge in [0.25, 0.3) is 0 Å². The second-order valence-corrected chi connectivity index (χ2v) is 15.0. The molecule has 0 bridgehead atoms. The van der Waals surface area contributed by atoms with Crippen molar-refractivity contribution in [2.75, 3.05) is 0 Å². The molecule has 1 aliphatic rings. The minimum Gasteiger partial charge on any atom is -0.309 e. The SMILES string of the molecule is c1ccc(-c2nc(-c3ccccc3)nc(-c3nc4cccc5c4n3-c3ccc(-n4c6ccccc6c6ccccc64)cc3C5(c3ccccc3)c3ccccc3)n2)cc1. The lowest BCUT2D eigenvalue weighted by molar-refractivity contribution is 0.724. The van der Waals surface area contributed by atoms with E-state index in [1.807, 2.05) is 60.7 Å². The zero-order valence-electron chi connectivity index (χ0n) is 31.8. The predicted molar refractivity (Wildman–Crippen MR) is 237 cm³/mol. The number of imidazole rings is 1. The van der Waals surface area contributed by atoms with Gasteiger partial charge in [0.15, 0.2) is 23.3 Å². The first-order valence-electron chi connectivity index (χ1n) is 19.9. The van der Waals surface area contributed by atoms with Crippen molar-refractivity contribution in [1.29, 1.82) is 0 Å². The Bertz CT molecular complexity index is 3220. The van der Waals surface area contributed by atoms with E-state index in [1.54, 1.807) is 0 Å². The Morgan fingerprint density at radius 2 is 0.881 bits per heavy atom. The number of fused-ring (bicyclic) bond motifs is 5. The molecule has 0 unspecified atom stereocenters. The molecular formula is C53H34N6. The van der Waals surface area contributed by atoms with E-state index >= 15 is 0 Å². The van der Waals surface area contributed by atoms with Crippen LogP contribution >= 0.6 is 0 Å². The van der Waals surface area contributed by atoms with Crippen LogP contribution in [0.3, 0.4) is 0 Å². The molecule has 0 amide bonds. The van der Waals surface area contributed by atoms with Crippen LogP contribution in [0.5, 0.6) is 0 Å². The van der Waals surface area contributed by atoms with Crippen LogP contribution in [-0.2, 0) is 5.41 Å². The van der Waals surface area contributed by atoms with Gasteiger partial charge in [0.1, 0.15) is 0 Å². The summed E-state index contributed by atoms with van der Waals surface area (Å²) in [6.45, 7) is 0. The van der Waals surface area contributed by atoms with Crippen molar-refractivity contribution >= 4 is 32.8 Å². The average molecular weight is 755 g/mol. The molecule has 4 heterocycles. The molecule has 0 saturated heterocycles. The number of aromatic nitrogens is 6. The van der Waals surface area contributed by atoms with Crippen LogP contribution in [0.15, 0.2) is 206 Å². The highest BCUT2D eigenvalue weighted by Crippen LogP contribution is 2.54. The molecule has 0 radical (unpaired) electrons. The van der Waals surface area contributed by atoms with Crippen molar-refractivity contribution in [3.63, 3.8) is 0 Å². The van der Waals surface area contributed by atoms with E-state index in [2.05, 4.69) is 155 Å². The van der Waals surface area contributed by atoms with E-state index in [4.69, 9.17) is 19.9 Å². The lowest BCUT2D eigenvalue weighted by Gasteiger charge is -2.41. The third-order valence-electron chi connectivity index (χ3n) is 11.9. The van der Waals surface area contributed by atoms with Crippen molar-refractivity contribution in [2.45, 2.75) is 5.41 Å². The summed E-state index contributed by atoms with van der Waals surface area (Å²) in [6, 6.07) is 72.9. The third-order valence-corrected chi connectivity index (χ3v) is 11.9. The predicted octanol–water partition coefficient (Wildman–Crippen LogP) is 12.0. The van der Waals surface area contributed by atoms with Gasteiger partial charge in [0, 0.05) is 27.6 Å². The van der Waals surface area contributed by atoms with E-state index in [-0.39, 0.29) is 0 Å². The first-order valence-corrected chi connectivity index (χ1v) is 19.9. The first kappa shape index (κ1) is 33.2. The van der Waals surface area contributed by atoms with Crippen molar-refractivity contribution in [2.24, 2.45) is 0 Å². The highest BCUT2D eigenvalue weighted by molar-refractivity contribution is 6.09. The van der Waals surface area contributed by atoms with Crippen molar-refractivity contribution in [3.05, 3.63) is 229 Å². The number of hydrogen-bond donors (Lipinski definition) is 0. The summed E-state index contributed by atoms with van der Waals surface area (Å²) in [4.78, 5) is 20.8. The Labute approximate surface area is 340 Å². The van der Waals surface area contributed by atoms with E-state index in [9.17, 15) is 0 Å². The highest BCUT2D eigenvalue weighted by Gasteiger charge is 2.46. The maximum Gasteiger partial charge on any atom is 0.200 e. The first-order chi connectivity index (χ1) is 29.3. The van der Waals surface area contributed by atoms with Gasteiger partial charge in [-0.15, -0.1) is 0 Å². The Morgan fingerprint density at radius 1 is 0.373 bits per heavy atom. The maximum atomic E-state index is 5.44. The summed E-state index contributed by atoms with van der Waals surface area (Å²) in [5.41, 5.74) is 12.0. The summed E-state index contributed by atoms with van der Waals surface area (Å²) in [5.74, 6) is 2.35. The molecule has 8 aromatic carbocycles. The second-order valence-electron chi connectivity index (χ2n) is 15.0. The van der Waals surface area contributed by atoms with Gasteiger partial charge < -0.3 is 4.57 Å². The zero-order chi connectivity index (χ0) is 38.9. The minimum absolute atomic E-state index is 0.504. The molecule has 0 spiro atoms. The van der Waals surface area contributed by atoms with Gasteiger partial charge in [-0.1, -0.05) is 170 Å². The van der Waals surface area contributed by atoms with Crippen molar-refractivity contribution < 1.29 is 0 Å². The normalized spacial score (nSPS) is 12.9. The number of hydrogen-bond acceptors (Lipinski definition) is 4. The fourth-order valence-electron chi connectivity index (χ4n) is 9.39. The smallest absolute Gasteiger partial charge is 0.200 e. The Morgan fingerprint density at radius 3 is 1.46 bits per heavy atom. The number of nitrogens with zero attached hydrogens (tertiary/aromatic N) is 6. The molecule has 276 valence electrons. The Kier molecular flexibility index (Phi) is 7.34. The van der Waals surface area contributed by atoms with Gasteiger partial charge in [-0.05, 0) is 58.7 Å². The van der Waals surface area contributed by atoms with Crippen LogP contribution in [0.2, 0.25) is 0 Å². The molecule has 0 fully saturated rings. The maximum absolute atomic E-state index is 5.44. The van der Waals surface area contributed by atoms with E-state index in [0.717, 1.165) is 55.7 Å². The fraction of sp³-hybridized carbons (Fsp3) is 0.0189. The van der Waals surface area contributed by atoms with E-state index < -0.39 is 5.41 Å². The van der Waals surface area contributed by atoms with Crippen LogP contribution < -0.4 is 0 Å². The molecule has 59 heavy (non-hydrogen) atoms. The second kappa shape index (κ2) is 13.0. The molecule has 1 aliphatic heterocycles. The van der Waals surface area contributed by atoms with Crippen LogP contribution in [0, 0.1) is 0 Å². The quantitative estimate of drug-likeness (QED) is 0.170. The van der Waals surface area contributed by atoms with E-state index in [1.165, 1.54) is 21.9 Å². The molecule has 6 nitrogen and oxygen atoms in total. The molecule has 11 aromatic rings. The van der Waals surface area contributed by atoms with Gasteiger partial charge in [-0.3, -0.25) is 4.57 Å². The zero-order valence-corrected chi connectivity index (χ0v) is 31.8. The van der Waals surface area contributed by atoms with Gasteiger partial charge in [0.2, 0.25) is 0 Å². The van der Waals surface area contributed by atoms with Gasteiger partial charge in [-0.2, -0.15) is 0 Å². The van der Waals surface area contributed by atoms with Gasteiger partial charge in [-0.25, -0.2) is 19.9 Å². The third kappa shape index (κ3) is 4.93. The Hall–Kier alpha value is -7.96. The van der Waals surface area contributed by atoms with Gasteiger partial charge in [0.05, 0.1) is 33.2 Å². The number of benzene rings is 8. The molecule has 12 rings (SSSR count). The summed E-state index contributed by atoms with van der Waals surface area (Å²) in [6.07, 6.45) is 0. The average Bonchev–Trinajstić information content (AvgIpc) is 3.88. The number of para-hydroxylation sites is 3. The summed E-state index contributed by atoms with van der Waals surface area (Å²) >= 11 is 0. The minimum atomic E-state index is -0.705. The molecule has 0 atom stereocenters. The summed E-state index contributed by atoms with van der Waals surface area (Å²) in [5, 5.41) is 2.45. The molecule has 0 aliphatic carbocycles. The molecule has 0 N–H and O–H groups in total. The number of rotatable bonds is 6. The standard InChI is InChI=1S/C53H34N6/c1-5-18-35(19-6-1)49-55-50(36-20-7-2-8-21-36)57-51(56-49)52-54-44-29-17-28-42-48(44)59(52)47-33-32-39(58-45-30-15-13-26-40(45)41-27-14-16-31-46(41)58)34-43(47)53(42,37-22-9-3-10-23-37)38-24-11-4-12-25-38/h1-34H. The molecular weight excluding hydrogens is 721 g/mol. The van der Waals surface area contributed by atoms with Crippen LogP contribution in [0.1, 0.15) is 22.3 Å². The van der Waals surface area contributed by atoms with Crippen molar-refractivity contribution in [3.8, 4) is 45.8 Å². The fourth-order valence-corrected chi connectivity index (χ4v) is 9.39. The van der Waals surface area contributed by atoms with Gasteiger partial charge >= 0.3 is 0 Å². The monoisotopic (exact) mass is 754 g/mol. The van der Waals surface area contributed by atoms with Crippen LogP contribution in [0.25, 0.3) is 78.6 Å².